The highest BCUT2D eigenvalue weighted by atomic mass is 32.2. The Morgan fingerprint density at radius 1 is 1.26 bits per heavy atom. The lowest BCUT2D eigenvalue weighted by atomic mass is 10.1. The molecule has 1 aliphatic rings. The molecule has 0 bridgehead atoms. The molecule has 0 fully saturated rings. The molecule has 0 N–H and O–H groups in total. The molecule has 1 aliphatic heterocycles. The van der Waals surface area contributed by atoms with Crippen LogP contribution in [0.15, 0.2) is 57.3 Å². The average molecular weight is 327 g/mol. The van der Waals surface area contributed by atoms with Crippen LogP contribution in [-0.2, 0) is 0 Å². The minimum absolute atomic E-state index is 0.0380. The highest BCUT2D eigenvalue weighted by Gasteiger charge is 2.22. The van der Waals surface area contributed by atoms with Crippen molar-refractivity contribution in [2.75, 3.05) is 5.75 Å². The van der Waals surface area contributed by atoms with Gasteiger partial charge in [-0.1, -0.05) is 23.9 Å². The smallest absolute Gasteiger partial charge is 0.270 e. The predicted octanol–water partition coefficient (Wildman–Crippen LogP) is 2.80. The zero-order valence-corrected chi connectivity index (χ0v) is 12.4. The summed E-state index contributed by atoms with van der Waals surface area (Å²) in [6, 6.07) is 9.96. The number of hydrogen-bond donors (Lipinski definition) is 0. The average Bonchev–Trinajstić information content (AvgIpc) is 3.23. The number of nitrogens with zero attached hydrogens (tertiary/aromatic N) is 5. The van der Waals surface area contributed by atoms with Gasteiger partial charge in [0, 0.05) is 23.4 Å². The zero-order chi connectivity index (χ0) is 15.8. The van der Waals surface area contributed by atoms with Crippen LogP contribution in [0.4, 0.5) is 5.69 Å². The molecule has 0 radical (unpaired) electrons. The molecule has 3 aromatic rings. The molecule has 0 saturated carbocycles. The highest BCUT2D eigenvalue weighted by Crippen LogP contribution is 2.29. The van der Waals surface area contributed by atoms with Crippen molar-refractivity contribution in [2.45, 2.75) is 5.16 Å². The van der Waals surface area contributed by atoms with E-state index in [0.717, 1.165) is 5.71 Å². The van der Waals surface area contributed by atoms with Crippen LogP contribution in [-0.4, -0.2) is 31.3 Å². The van der Waals surface area contributed by atoms with Crippen LogP contribution in [0.25, 0.3) is 11.6 Å². The fraction of sp³-hybridized carbons (Fsp3) is 0.0714. The number of rotatable bonds is 3. The summed E-state index contributed by atoms with van der Waals surface area (Å²) in [7, 11) is 0. The SMILES string of the molecule is O=[N+]([O-])c1cccc(C2=Nn3c(nnc3-c3ccco3)SC2)c1. The quantitative estimate of drug-likeness (QED) is 0.542. The summed E-state index contributed by atoms with van der Waals surface area (Å²) in [5.41, 5.74) is 1.46. The van der Waals surface area contributed by atoms with Crippen molar-refractivity contribution in [3.05, 3.63) is 58.3 Å². The first-order valence-corrected chi connectivity index (χ1v) is 7.66. The van der Waals surface area contributed by atoms with Crippen molar-refractivity contribution in [1.29, 1.82) is 0 Å². The Morgan fingerprint density at radius 3 is 2.96 bits per heavy atom. The van der Waals surface area contributed by atoms with Gasteiger partial charge in [0.1, 0.15) is 0 Å². The predicted molar refractivity (Wildman–Crippen MR) is 83.5 cm³/mol. The fourth-order valence-corrected chi connectivity index (χ4v) is 3.07. The molecule has 4 rings (SSSR count). The van der Waals surface area contributed by atoms with E-state index in [-0.39, 0.29) is 5.69 Å². The molecule has 0 amide bonds. The minimum Gasteiger partial charge on any atom is -0.461 e. The summed E-state index contributed by atoms with van der Waals surface area (Å²) < 4.78 is 6.94. The maximum atomic E-state index is 10.9. The first-order valence-electron chi connectivity index (χ1n) is 6.67. The summed E-state index contributed by atoms with van der Waals surface area (Å²) >= 11 is 1.47. The van der Waals surface area contributed by atoms with Crippen LogP contribution in [0.3, 0.4) is 0 Å². The van der Waals surface area contributed by atoms with E-state index in [1.165, 1.54) is 23.9 Å². The van der Waals surface area contributed by atoms with E-state index < -0.39 is 4.92 Å². The van der Waals surface area contributed by atoms with Crippen LogP contribution in [0.2, 0.25) is 0 Å². The van der Waals surface area contributed by atoms with Gasteiger partial charge >= 0.3 is 0 Å². The summed E-state index contributed by atoms with van der Waals surface area (Å²) in [6.07, 6.45) is 1.55. The molecule has 2 aromatic heterocycles. The van der Waals surface area contributed by atoms with Gasteiger partial charge in [-0.25, -0.2) is 0 Å². The van der Waals surface area contributed by atoms with Crippen molar-refractivity contribution in [3.8, 4) is 11.6 Å². The molecular weight excluding hydrogens is 318 g/mol. The van der Waals surface area contributed by atoms with Crippen LogP contribution in [0.5, 0.6) is 0 Å². The maximum absolute atomic E-state index is 10.9. The minimum atomic E-state index is -0.418. The molecule has 9 heteroatoms. The van der Waals surface area contributed by atoms with Gasteiger partial charge in [-0.15, -0.1) is 10.2 Å². The number of benzene rings is 1. The Bertz CT molecular complexity index is 916. The molecule has 0 unspecified atom stereocenters. The summed E-state index contributed by atoms with van der Waals surface area (Å²) in [5.74, 6) is 1.63. The lowest BCUT2D eigenvalue weighted by molar-refractivity contribution is -0.384. The number of non-ortho nitro benzene ring substituents is 1. The second kappa shape index (κ2) is 5.36. The third-order valence-electron chi connectivity index (χ3n) is 3.30. The third-order valence-corrected chi connectivity index (χ3v) is 4.23. The Kier molecular flexibility index (Phi) is 3.19. The molecule has 114 valence electrons. The topological polar surface area (TPSA) is 99.3 Å². The largest absolute Gasteiger partial charge is 0.461 e. The zero-order valence-electron chi connectivity index (χ0n) is 11.6. The summed E-state index contributed by atoms with van der Waals surface area (Å²) in [4.78, 5) is 10.5. The van der Waals surface area contributed by atoms with Crippen molar-refractivity contribution < 1.29 is 9.34 Å². The summed E-state index contributed by atoms with van der Waals surface area (Å²) in [6.45, 7) is 0. The fourth-order valence-electron chi connectivity index (χ4n) is 2.23. The monoisotopic (exact) mass is 327 g/mol. The van der Waals surface area contributed by atoms with E-state index in [2.05, 4.69) is 15.3 Å². The lowest BCUT2D eigenvalue weighted by Gasteiger charge is -2.13. The van der Waals surface area contributed by atoms with Crippen molar-refractivity contribution >= 4 is 23.2 Å². The summed E-state index contributed by atoms with van der Waals surface area (Å²) in [5, 5.41) is 24.3. The number of hydrogen-bond acceptors (Lipinski definition) is 7. The van der Waals surface area contributed by atoms with Crippen LogP contribution < -0.4 is 0 Å². The van der Waals surface area contributed by atoms with Gasteiger partial charge in [0.25, 0.3) is 5.69 Å². The third kappa shape index (κ3) is 2.40. The molecule has 0 aliphatic carbocycles. The van der Waals surface area contributed by atoms with Gasteiger partial charge in [0.2, 0.25) is 11.0 Å². The number of aromatic nitrogens is 3. The number of furan rings is 1. The molecule has 23 heavy (non-hydrogen) atoms. The molecule has 0 atom stereocenters. The molecule has 0 spiro atoms. The number of thioether (sulfide) groups is 1. The highest BCUT2D eigenvalue weighted by molar-refractivity contribution is 7.99. The molecule has 3 heterocycles. The van der Waals surface area contributed by atoms with Crippen LogP contribution in [0.1, 0.15) is 5.56 Å². The first-order chi connectivity index (χ1) is 11.2. The second-order valence-electron chi connectivity index (χ2n) is 4.74. The van der Waals surface area contributed by atoms with E-state index in [1.807, 2.05) is 0 Å². The van der Waals surface area contributed by atoms with Gasteiger partial charge < -0.3 is 4.42 Å². The first kappa shape index (κ1) is 13.7. The lowest BCUT2D eigenvalue weighted by Crippen LogP contribution is -2.13. The van der Waals surface area contributed by atoms with Crippen molar-refractivity contribution in [1.82, 2.24) is 14.9 Å². The van der Waals surface area contributed by atoms with Gasteiger partial charge in [0.05, 0.1) is 16.9 Å². The Morgan fingerprint density at radius 2 is 2.17 bits per heavy atom. The standard InChI is InChI=1S/C14H9N5O3S/c20-19(21)10-4-1-3-9(7-10)11-8-23-14-16-15-13(18(14)17-11)12-5-2-6-22-12/h1-7H,8H2. The van der Waals surface area contributed by atoms with E-state index >= 15 is 0 Å². The number of nitro benzene ring substituents is 1. The van der Waals surface area contributed by atoms with E-state index in [4.69, 9.17) is 4.42 Å². The van der Waals surface area contributed by atoms with Crippen molar-refractivity contribution in [3.63, 3.8) is 0 Å². The van der Waals surface area contributed by atoms with E-state index in [1.54, 1.807) is 35.2 Å². The van der Waals surface area contributed by atoms with Crippen LogP contribution in [0, 0.1) is 10.1 Å². The Hall–Kier alpha value is -2.94. The van der Waals surface area contributed by atoms with Gasteiger partial charge in [-0.05, 0) is 12.1 Å². The molecule has 8 nitrogen and oxygen atoms in total. The van der Waals surface area contributed by atoms with Gasteiger partial charge in [-0.2, -0.15) is 9.78 Å². The second-order valence-corrected chi connectivity index (χ2v) is 5.68. The van der Waals surface area contributed by atoms with E-state index in [9.17, 15) is 10.1 Å². The van der Waals surface area contributed by atoms with Crippen molar-refractivity contribution in [2.24, 2.45) is 5.10 Å². The number of nitro groups is 1. The van der Waals surface area contributed by atoms with Gasteiger partial charge in [-0.3, -0.25) is 10.1 Å². The molecular formula is C14H9N5O3S. The molecule has 0 saturated heterocycles. The number of fused-ring (bicyclic) bond motifs is 1. The normalized spacial score (nSPS) is 13.5. The molecule has 1 aromatic carbocycles. The van der Waals surface area contributed by atoms with Gasteiger partial charge in [0.15, 0.2) is 5.76 Å². The maximum Gasteiger partial charge on any atom is 0.270 e. The Balaban J connectivity index is 1.79. The van der Waals surface area contributed by atoms with E-state index in [0.29, 0.717) is 28.1 Å². The van der Waals surface area contributed by atoms with Crippen LogP contribution >= 0.6 is 11.8 Å². The Labute approximate surface area is 134 Å².